The predicted octanol–water partition coefficient (Wildman–Crippen LogP) is 2.34. The van der Waals surface area contributed by atoms with Crippen molar-refractivity contribution in [2.24, 2.45) is 0 Å². The maximum Gasteiger partial charge on any atom is 0.255 e. The zero-order chi connectivity index (χ0) is 15.5. The molecule has 0 spiro atoms. The van der Waals surface area contributed by atoms with Crippen molar-refractivity contribution in [2.75, 3.05) is 6.61 Å². The largest absolute Gasteiger partial charge is 0.507 e. The van der Waals surface area contributed by atoms with Crippen LogP contribution in [0, 0.1) is 6.92 Å². The Morgan fingerprint density at radius 1 is 1.19 bits per heavy atom. The summed E-state index contributed by atoms with van der Waals surface area (Å²) in [7, 11) is 0. The van der Waals surface area contributed by atoms with Crippen LogP contribution in [0.25, 0.3) is 0 Å². The fraction of sp³-hybridized carbons (Fsp3) is 0.235. The van der Waals surface area contributed by atoms with Crippen molar-refractivity contribution in [2.45, 2.75) is 19.4 Å². The average molecular weight is 285 g/mol. The van der Waals surface area contributed by atoms with E-state index in [9.17, 15) is 15.0 Å². The van der Waals surface area contributed by atoms with E-state index in [-0.39, 0.29) is 17.9 Å². The van der Waals surface area contributed by atoms with Gasteiger partial charge in [0.05, 0.1) is 17.7 Å². The van der Waals surface area contributed by atoms with Gasteiger partial charge < -0.3 is 15.5 Å². The second kappa shape index (κ2) is 5.97. The molecule has 2 rings (SSSR count). The molecule has 1 unspecified atom stereocenters. The van der Waals surface area contributed by atoms with Gasteiger partial charge >= 0.3 is 0 Å². The van der Waals surface area contributed by atoms with Gasteiger partial charge in [0.25, 0.3) is 5.91 Å². The number of carbonyl (C=O) groups excluding carboxylic acids is 1. The second-order valence-electron chi connectivity index (χ2n) is 5.33. The highest BCUT2D eigenvalue weighted by Crippen LogP contribution is 2.23. The second-order valence-corrected chi connectivity index (χ2v) is 5.33. The van der Waals surface area contributed by atoms with Crippen LogP contribution in [0.15, 0.2) is 48.5 Å². The van der Waals surface area contributed by atoms with Crippen LogP contribution in [-0.2, 0) is 5.54 Å². The Labute approximate surface area is 124 Å². The number of aliphatic hydroxyl groups is 1. The summed E-state index contributed by atoms with van der Waals surface area (Å²) in [6.45, 7) is 3.35. The summed E-state index contributed by atoms with van der Waals surface area (Å²) in [6.07, 6.45) is 0. The minimum absolute atomic E-state index is 0.0774. The molecule has 0 saturated heterocycles. The van der Waals surface area contributed by atoms with Gasteiger partial charge in [0.1, 0.15) is 5.75 Å². The summed E-state index contributed by atoms with van der Waals surface area (Å²) < 4.78 is 0. The Balaban J connectivity index is 2.30. The van der Waals surface area contributed by atoms with Crippen LogP contribution in [-0.4, -0.2) is 22.7 Å². The van der Waals surface area contributed by atoms with Crippen LogP contribution < -0.4 is 5.32 Å². The molecule has 0 fully saturated rings. The number of amides is 1. The van der Waals surface area contributed by atoms with E-state index in [2.05, 4.69) is 5.32 Å². The molecule has 2 aromatic carbocycles. The number of aliphatic hydroxyl groups excluding tert-OH is 1. The number of aromatic hydroxyl groups is 1. The summed E-state index contributed by atoms with van der Waals surface area (Å²) in [5, 5.41) is 22.3. The first-order chi connectivity index (χ1) is 9.96. The molecule has 21 heavy (non-hydrogen) atoms. The Morgan fingerprint density at radius 2 is 1.86 bits per heavy atom. The molecule has 0 saturated carbocycles. The standard InChI is InChI=1S/C17H19NO3/c1-12-8-9-15(20)14(10-12)16(21)18-17(2,11-19)13-6-4-3-5-7-13/h3-10,19-20H,11H2,1-2H3,(H,18,21). The van der Waals surface area contributed by atoms with E-state index in [1.165, 1.54) is 6.07 Å². The number of phenols is 1. The SMILES string of the molecule is Cc1ccc(O)c(C(=O)NC(C)(CO)c2ccccc2)c1. The van der Waals surface area contributed by atoms with Gasteiger partial charge in [0.15, 0.2) is 0 Å². The van der Waals surface area contributed by atoms with Gasteiger partial charge in [-0.1, -0.05) is 42.0 Å². The zero-order valence-corrected chi connectivity index (χ0v) is 12.1. The molecule has 0 aliphatic rings. The lowest BCUT2D eigenvalue weighted by Gasteiger charge is -2.29. The Hall–Kier alpha value is -2.33. The first-order valence-corrected chi connectivity index (χ1v) is 6.75. The molecule has 4 heteroatoms. The number of phenolic OH excluding ortho intramolecular Hbond substituents is 1. The molecule has 3 N–H and O–H groups in total. The van der Waals surface area contributed by atoms with E-state index in [1.807, 2.05) is 37.3 Å². The molecule has 0 aliphatic carbocycles. The Bertz CT molecular complexity index is 640. The number of rotatable bonds is 4. The van der Waals surface area contributed by atoms with Crippen molar-refractivity contribution in [3.63, 3.8) is 0 Å². The molecule has 110 valence electrons. The van der Waals surface area contributed by atoms with Crippen molar-refractivity contribution in [3.05, 3.63) is 65.2 Å². The van der Waals surface area contributed by atoms with Crippen LogP contribution in [0.5, 0.6) is 5.75 Å². The number of nitrogens with one attached hydrogen (secondary N) is 1. The van der Waals surface area contributed by atoms with Gasteiger partial charge in [0, 0.05) is 0 Å². The van der Waals surface area contributed by atoms with Crippen LogP contribution in [0.4, 0.5) is 0 Å². The number of benzene rings is 2. The number of hydrogen-bond acceptors (Lipinski definition) is 3. The van der Waals surface area contributed by atoms with Gasteiger partial charge in [-0.05, 0) is 31.5 Å². The molecule has 0 aliphatic heterocycles. The first kappa shape index (κ1) is 15.1. The molecule has 0 radical (unpaired) electrons. The van der Waals surface area contributed by atoms with E-state index in [0.29, 0.717) is 0 Å². The highest BCUT2D eigenvalue weighted by Gasteiger charge is 2.28. The van der Waals surface area contributed by atoms with E-state index < -0.39 is 11.4 Å². The maximum atomic E-state index is 12.4. The molecule has 2 aromatic rings. The van der Waals surface area contributed by atoms with Crippen molar-refractivity contribution < 1.29 is 15.0 Å². The molecular formula is C17H19NO3. The van der Waals surface area contributed by atoms with Gasteiger partial charge in [-0.25, -0.2) is 0 Å². The minimum atomic E-state index is -0.908. The summed E-state index contributed by atoms with van der Waals surface area (Å²) in [5.41, 5.74) is 0.969. The van der Waals surface area contributed by atoms with Gasteiger partial charge in [-0.3, -0.25) is 4.79 Å². The fourth-order valence-corrected chi connectivity index (χ4v) is 2.16. The lowest BCUT2D eigenvalue weighted by molar-refractivity contribution is 0.0847. The summed E-state index contributed by atoms with van der Waals surface area (Å²) in [5.74, 6) is -0.497. The van der Waals surface area contributed by atoms with E-state index in [1.54, 1.807) is 19.1 Å². The first-order valence-electron chi connectivity index (χ1n) is 6.75. The maximum absolute atomic E-state index is 12.4. The Morgan fingerprint density at radius 3 is 2.48 bits per heavy atom. The molecule has 0 heterocycles. The van der Waals surface area contributed by atoms with Crippen molar-refractivity contribution in [3.8, 4) is 5.75 Å². The Kier molecular flexibility index (Phi) is 4.29. The van der Waals surface area contributed by atoms with Gasteiger partial charge in [-0.15, -0.1) is 0 Å². The van der Waals surface area contributed by atoms with Crippen LogP contribution in [0.3, 0.4) is 0 Å². The lowest BCUT2D eigenvalue weighted by atomic mass is 9.92. The monoisotopic (exact) mass is 285 g/mol. The smallest absolute Gasteiger partial charge is 0.255 e. The highest BCUT2D eigenvalue weighted by molar-refractivity contribution is 5.97. The molecular weight excluding hydrogens is 266 g/mol. The predicted molar refractivity (Wildman–Crippen MR) is 81.2 cm³/mol. The number of hydrogen-bond donors (Lipinski definition) is 3. The number of carbonyl (C=O) groups is 1. The third kappa shape index (κ3) is 3.23. The topological polar surface area (TPSA) is 69.6 Å². The van der Waals surface area contributed by atoms with Crippen molar-refractivity contribution >= 4 is 5.91 Å². The minimum Gasteiger partial charge on any atom is -0.507 e. The zero-order valence-electron chi connectivity index (χ0n) is 12.1. The molecule has 0 aromatic heterocycles. The van der Waals surface area contributed by atoms with Gasteiger partial charge in [-0.2, -0.15) is 0 Å². The number of aryl methyl sites for hydroxylation is 1. The highest BCUT2D eigenvalue weighted by atomic mass is 16.3. The fourth-order valence-electron chi connectivity index (χ4n) is 2.16. The van der Waals surface area contributed by atoms with Crippen LogP contribution in [0.1, 0.15) is 28.4 Å². The molecule has 0 bridgehead atoms. The normalized spacial score (nSPS) is 13.5. The van der Waals surface area contributed by atoms with Crippen molar-refractivity contribution in [1.29, 1.82) is 0 Å². The average Bonchev–Trinajstić information content (AvgIpc) is 2.50. The molecule has 1 atom stereocenters. The van der Waals surface area contributed by atoms with Gasteiger partial charge in [0.2, 0.25) is 0 Å². The van der Waals surface area contributed by atoms with E-state index in [4.69, 9.17) is 0 Å². The lowest BCUT2D eigenvalue weighted by Crippen LogP contribution is -2.46. The third-order valence-corrected chi connectivity index (χ3v) is 3.51. The molecule has 1 amide bonds. The quantitative estimate of drug-likeness (QED) is 0.807. The van der Waals surface area contributed by atoms with E-state index >= 15 is 0 Å². The summed E-state index contributed by atoms with van der Waals surface area (Å²) in [6, 6.07) is 14.1. The van der Waals surface area contributed by atoms with Crippen LogP contribution >= 0.6 is 0 Å². The summed E-state index contributed by atoms with van der Waals surface area (Å²) >= 11 is 0. The third-order valence-electron chi connectivity index (χ3n) is 3.51. The van der Waals surface area contributed by atoms with Crippen molar-refractivity contribution in [1.82, 2.24) is 5.32 Å². The van der Waals surface area contributed by atoms with Crippen LogP contribution in [0.2, 0.25) is 0 Å². The molecule has 4 nitrogen and oxygen atoms in total. The summed E-state index contributed by atoms with van der Waals surface area (Å²) in [4.78, 5) is 12.4. The van der Waals surface area contributed by atoms with E-state index in [0.717, 1.165) is 11.1 Å².